The first-order valence-electron chi connectivity index (χ1n) is 6.44. The van der Waals surface area contributed by atoms with Gasteiger partial charge < -0.3 is 5.11 Å². The van der Waals surface area contributed by atoms with Gasteiger partial charge in [-0.2, -0.15) is 0 Å². The smallest absolute Gasteiger partial charge is 0.105 e. The predicted octanol–water partition coefficient (Wildman–Crippen LogP) is 4.39. The molecular formula is C17H14BrNO. The first kappa shape index (κ1) is 13.3. The van der Waals surface area contributed by atoms with Crippen LogP contribution in [0.4, 0.5) is 0 Å². The van der Waals surface area contributed by atoms with Crippen LogP contribution in [0, 0.1) is 6.92 Å². The van der Waals surface area contributed by atoms with Gasteiger partial charge in [-0.3, -0.25) is 4.98 Å². The Morgan fingerprint density at radius 3 is 2.75 bits per heavy atom. The minimum atomic E-state index is -0.654. The van der Waals surface area contributed by atoms with Crippen LogP contribution in [0.2, 0.25) is 0 Å². The molecule has 0 radical (unpaired) electrons. The third-order valence-electron chi connectivity index (χ3n) is 3.35. The first-order valence-corrected chi connectivity index (χ1v) is 7.23. The van der Waals surface area contributed by atoms with E-state index in [9.17, 15) is 5.11 Å². The normalized spacial score (nSPS) is 12.6. The number of pyridine rings is 1. The van der Waals surface area contributed by atoms with E-state index in [1.807, 2.05) is 55.5 Å². The van der Waals surface area contributed by atoms with Crippen molar-refractivity contribution in [2.75, 3.05) is 0 Å². The molecule has 3 heteroatoms. The highest BCUT2D eigenvalue weighted by molar-refractivity contribution is 9.10. The Morgan fingerprint density at radius 1 is 1.10 bits per heavy atom. The summed E-state index contributed by atoms with van der Waals surface area (Å²) in [5, 5.41) is 11.7. The zero-order valence-corrected chi connectivity index (χ0v) is 12.6. The molecule has 0 fully saturated rings. The Labute approximate surface area is 126 Å². The SMILES string of the molecule is Cc1cc(Br)cc(C(O)c2cccc3ncccc23)c1. The van der Waals surface area contributed by atoms with E-state index >= 15 is 0 Å². The lowest BCUT2D eigenvalue weighted by atomic mass is 9.97. The first-order chi connectivity index (χ1) is 9.65. The van der Waals surface area contributed by atoms with Gasteiger partial charge in [0.1, 0.15) is 6.10 Å². The van der Waals surface area contributed by atoms with Crippen molar-refractivity contribution in [1.29, 1.82) is 0 Å². The van der Waals surface area contributed by atoms with Gasteiger partial charge in [0, 0.05) is 16.1 Å². The molecule has 2 aromatic carbocycles. The summed E-state index contributed by atoms with van der Waals surface area (Å²) < 4.78 is 0.977. The molecule has 0 aliphatic heterocycles. The van der Waals surface area contributed by atoms with Gasteiger partial charge in [0.2, 0.25) is 0 Å². The molecule has 0 saturated carbocycles. The highest BCUT2D eigenvalue weighted by Crippen LogP contribution is 2.30. The quantitative estimate of drug-likeness (QED) is 0.757. The summed E-state index contributed by atoms with van der Waals surface area (Å²) in [7, 11) is 0. The van der Waals surface area contributed by atoms with Crippen LogP contribution in [0.3, 0.4) is 0 Å². The van der Waals surface area contributed by atoms with E-state index in [4.69, 9.17) is 0 Å². The summed E-state index contributed by atoms with van der Waals surface area (Å²) in [6.45, 7) is 2.02. The number of aryl methyl sites for hydroxylation is 1. The van der Waals surface area contributed by atoms with Crippen molar-refractivity contribution >= 4 is 26.8 Å². The van der Waals surface area contributed by atoms with E-state index in [0.29, 0.717) is 0 Å². The second-order valence-corrected chi connectivity index (χ2v) is 5.80. The minimum Gasteiger partial charge on any atom is -0.384 e. The Balaban J connectivity index is 2.15. The molecule has 0 saturated heterocycles. The zero-order chi connectivity index (χ0) is 14.1. The zero-order valence-electron chi connectivity index (χ0n) is 11.0. The molecule has 0 aliphatic rings. The lowest BCUT2D eigenvalue weighted by molar-refractivity contribution is 0.221. The molecule has 0 bridgehead atoms. The van der Waals surface area contributed by atoms with Gasteiger partial charge in [-0.25, -0.2) is 0 Å². The van der Waals surface area contributed by atoms with Gasteiger partial charge >= 0.3 is 0 Å². The third kappa shape index (κ3) is 2.47. The van der Waals surface area contributed by atoms with Gasteiger partial charge in [-0.05, 0) is 47.9 Å². The Morgan fingerprint density at radius 2 is 1.95 bits per heavy atom. The lowest BCUT2D eigenvalue weighted by Gasteiger charge is -2.15. The largest absolute Gasteiger partial charge is 0.384 e. The van der Waals surface area contributed by atoms with E-state index in [1.165, 1.54) is 0 Å². The van der Waals surface area contributed by atoms with Crippen LogP contribution in [0.5, 0.6) is 0 Å². The van der Waals surface area contributed by atoms with Crippen molar-refractivity contribution in [3.05, 3.63) is 75.9 Å². The highest BCUT2D eigenvalue weighted by atomic mass is 79.9. The van der Waals surface area contributed by atoms with Crippen LogP contribution in [-0.4, -0.2) is 10.1 Å². The Hall–Kier alpha value is -1.71. The number of nitrogens with zero attached hydrogens (tertiary/aromatic N) is 1. The molecule has 1 atom stereocenters. The predicted molar refractivity (Wildman–Crippen MR) is 84.7 cm³/mol. The number of benzene rings is 2. The number of halogens is 1. The van der Waals surface area contributed by atoms with Gasteiger partial charge in [0.15, 0.2) is 0 Å². The maximum Gasteiger partial charge on any atom is 0.105 e. The van der Waals surface area contributed by atoms with E-state index in [-0.39, 0.29) is 0 Å². The summed E-state index contributed by atoms with van der Waals surface area (Å²) in [4.78, 5) is 4.33. The second kappa shape index (κ2) is 5.35. The summed E-state index contributed by atoms with van der Waals surface area (Å²) in [6, 6.07) is 15.7. The summed E-state index contributed by atoms with van der Waals surface area (Å²) in [5.41, 5.74) is 3.78. The van der Waals surface area contributed by atoms with Gasteiger partial charge in [0.05, 0.1) is 5.52 Å². The standard InChI is InChI=1S/C17H14BrNO/c1-11-8-12(10-13(18)9-11)17(20)15-4-2-6-16-14(15)5-3-7-19-16/h2-10,17,20H,1H3. The second-order valence-electron chi connectivity index (χ2n) is 4.88. The van der Waals surface area contributed by atoms with Crippen LogP contribution >= 0.6 is 15.9 Å². The van der Waals surface area contributed by atoms with Crippen LogP contribution in [0.25, 0.3) is 10.9 Å². The molecule has 1 heterocycles. The topological polar surface area (TPSA) is 33.1 Å². The van der Waals surface area contributed by atoms with E-state index < -0.39 is 6.10 Å². The molecule has 0 spiro atoms. The van der Waals surface area contributed by atoms with Crippen molar-refractivity contribution in [2.45, 2.75) is 13.0 Å². The molecule has 3 aromatic rings. The van der Waals surface area contributed by atoms with Crippen molar-refractivity contribution in [3.63, 3.8) is 0 Å². The van der Waals surface area contributed by atoms with E-state index in [0.717, 1.165) is 32.1 Å². The lowest BCUT2D eigenvalue weighted by Crippen LogP contribution is -2.01. The average Bonchev–Trinajstić information content (AvgIpc) is 2.45. The number of rotatable bonds is 2. The molecule has 100 valence electrons. The van der Waals surface area contributed by atoms with Gasteiger partial charge in [0.25, 0.3) is 0 Å². The Kier molecular flexibility index (Phi) is 3.55. The molecular weight excluding hydrogens is 314 g/mol. The molecule has 0 amide bonds. The summed E-state index contributed by atoms with van der Waals surface area (Å²) in [6.07, 6.45) is 1.11. The molecule has 2 nitrogen and oxygen atoms in total. The van der Waals surface area contributed by atoms with Gasteiger partial charge in [-0.1, -0.05) is 40.2 Å². The van der Waals surface area contributed by atoms with E-state index in [2.05, 4.69) is 20.9 Å². The van der Waals surface area contributed by atoms with Gasteiger partial charge in [-0.15, -0.1) is 0 Å². The maximum absolute atomic E-state index is 10.7. The number of aliphatic hydroxyl groups is 1. The fourth-order valence-electron chi connectivity index (χ4n) is 2.47. The Bertz CT molecular complexity index is 744. The number of hydrogen-bond donors (Lipinski definition) is 1. The third-order valence-corrected chi connectivity index (χ3v) is 3.81. The maximum atomic E-state index is 10.7. The average molecular weight is 328 g/mol. The van der Waals surface area contributed by atoms with Crippen LogP contribution in [-0.2, 0) is 0 Å². The van der Waals surface area contributed by atoms with E-state index in [1.54, 1.807) is 6.20 Å². The molecule has 1 unspecified atom stereocenters. The molecule has 1 N–H and O–H groups in total. The van der Waals surface area contributed by atoms with Crippen molar-refractivity contribution < 1.29 is 5.11 Å². The fourth-order valence-corrected chi connectivity index (χ4v) is 3.09. The fraction of sp³-hybridized carbons (Fsp3) is 0.118. The molecule has 1 aromatic heterocycles. The van der Waals surface area contributed by atoms with Crippen LogP contribution in [0.1, 0.15) is 22.8 Å². The highest BCUT2D eigenvalue weighted by Gasteiger charge is 2.14. The summed E-state index contributed by atoms with van der Waals surface area (Å²) >= 11 is 3.48. The van der Waals surface area contributed by atoms with Crippen molar-refractivity contribution in [3.8, 4) is 0 Å². The van der Waals surface area contributed by atoms with Crippen LogP contribution in [0.15, 0.2) is 59.2 Å². The number of fused-ring (bicyclic) bond motifs is 1. The molecule has 3 rings (SSSR count). The monoisotopic (exact) mass is 327 g/mol. The molecule has 20 heavy (non-hydrogen) atoms. The number of aromatic nitrogens is 1. The molecule has 0 aliphatic carbocycles. The number of aliphatic hydroxyl groups excluding tert-OH is 1. The number of hydrogen-bond acceptors (Lipinski definition) is 2. The van der Waals surface area contributed by atoms with Crippen molar-refractivity contribution in [1.82, 2.24) is 4.98 Å². The summed E-state index contributed by atoms with van der Waals surface area (Å²) in [5.74, 6) is 0. The minimum absolute atomic E-state index is 0.654. The van der Waals surface area contributed by atoms with Crippen molar-refractivity contribution in [2.24, 2.45) is 0 Å². The van der Waals surface area contributed by atoms with Crippen LogP contribution < -0.4 is 0 Å².